The molecule has 6 nitrogen and oxygen atoms in total. The second-order valence-corrected chi connectivity index (χ2v) is 8.35. The first-order chi connectivity index (χ1) is 18.0. The van der Waals surface area contributed by atoms with Gasteiger partial charge < -0.3 is 9.47 Å². The molecule has 0 radical (unpaired) electrons. The van der Waals surface area contributed by atoms with E-state index in [-0.39, 0.29) is 16.5 Å². The van der Waals surface area contributed by atoms with Crippen LogP contribution in [0.15, 0.2) is 109 Å². The summed E-state index contributed by atoms with van der Waals surface area (Å²) < 4.78 is 24.9. The molecular weight excluding hydrogens is 491 g/mol. The third-order valence-corrected chi connectivity index (χ3v) is 5.72. The van der Waals surface area contributed by atoms with Gasteiger partial charge in [-0.3, -0.25) is 19.8 Å². The van der Waals surface area contributed by atoms with Crippen LogP contribution in [-0.2, 0) is 9.59 Å². The van der Waals surface area contributed by atoms with Crippen LogP contribution in [0.2, 0.25) is 0 Å². The van der Waals surface area contributed by atoms with Crippen LogP contribution < -0.4 is 19.7 Å². The van der Waals surface area contributed by atoms with Crippen molar-refractivity contribution in [3.63, 3.8) is 0 Å². The summed E-state index contributed by atoms with van der Waals surface area (Å²) in [5.74, 6) is 0.476. The Morgan fingerprint density at radius 1 is 0.730 bits per heavy atom. The van der Waals surface area contributed by atoms with E-state index in [1.54, 1.807) is 48.5 Å². The molecule has 0 atom stereocenters. The summed E-state index contributed by atoms with van der Waals surface area (Å²) in [4.78, 5) is 27.4. The second-order valence-electron chi connectivity index (χ2n) is 7.96. The largest absolute Gasteiger partial charge is 0.457 e. The average Bonchev–Trinajstić information content (AvgIpc) is 2.90. The lowest BCUT2D eigenvalue weighted by atomic mass is 10.1. The molecule has 1 heterocycles. The lowest BCUT2D eigenvalue weighted by Crippen LogP contribution is -2.54. The molecule has 1 saturated heterocycles. The van der Waals surface area contributed by atoms with E-state index in [1.165, 1.54) is 35.2 Å². The topological polar surface area (TPSA) is 67.9 Å². The van der Waals surface area contributed by atoms with Crippen molar-refractivity contribution in [3.05, 3.63) is 120 Å². The van der Waals surface area contributed by atoms with Crippen LogP contribution in [0, 0.1) is 5.82 Å². The van der Waals surface area contributed by atoms with Gasteiger partial charge in [-0.2, -0.15) is 0 Å². The van der Waals surface area contributed by atoms with Gasteiger partial charge in [-0.05, 0) is 85.0 Å². The molecule has 0 bridgehead atoms. The van der Waals surface area contributed by atoms with Gasteiger partial charge in [-0.25, -0.2) is 4.39 Å². The van der Waals surface area contributed by atoms with Crippen molar-refractivity contribution in [1.82, 2.24) is 5.32 Å². The number of anilines is 1. The van der Waals surface area contributed by atoms with E-state index in [0.717, 1.165) is 0 Å². The fourth-order valence-corrected chi connectivity index (χ4v) is 3.94. The molecule has 1 fully saturated rings. The van der Waals surface area contributed by atoms with Crippen LogP contribution in [0.1, 0.15) is 5.56 Å². The van der Waals surface area contributed by atoms with Gasteiger partial charge in [0.1, 0.15) is 34.4 Å². The fourth-order valence-electron chi connectivity index (χ4n) is 3.66. The molecule has 5 rings (SSSR count). The van der Waals surface area contributed by atoms with Gasteiger partial charge in [0.15, 0.2) is 5.11 Å². The number of nitrogens with one attached hydrogen (secondary N) is 1. The van der Waals surface area contributed by atoms with Crippen LogP contribution >= 0.6 is 12.2 Å². The number of nitrogens with zero attached hydrogens (tertiary/aromatic N) is 1. The molecule has 37 heavy (non-hydrogen) atoms. The Morgan fingerprint density at radius 2 is 1.32 bits per heavy atom. The average molecular weight is 511 g/mol. The third-order valence-electron chi connectivity index (χ3n) is 5.44. The Labute approximate surface area is 217 Å². The molecule has 0 unspecified atom stereocenters. The standard InChI is InChI=1S/C29H19FN2O4S/c30-20-10-14-24(15-11-20)36-26-9-5-4-6-19(26)18-25-27(33)31-29(37)32(28(25)34)21-12-16-23(17-13-21)35-22-7-2-1-3-8-22/h1-18H,(H,31,33,37). The van der Waals surface area contributed by atoms with Gasteiger partial charge in [-0.15, -0.1) is 0 Å². The van der Waals surface area contributed by atoms with E-state index in [0.29, 0.717) is 34.2 Å². The molecule has 0 spiro atoms. The molecule has 182 valence electrons. The van der Waals surface area contributed by atoms with E-state index in [2.05, 4.69) is 5.32 Å². The van der Waals surface area contributed by atoms with Gasteiger partial charge in [0, 0.05) is 5.56 Å². The summed E-state index contributed by atoms with van der Waals surface area (Å²) in [5.41, 5.74) is 0.843. The smallest absolute Gasteiger partial charge is 0.270 e. The molecule has 4 aromatic rings. The zero-order chi connectivity index (χ0) is 25.8. The first-order valence-electron chi connectivity index (χ1n) is 11.2. The SMILES string of the molecule is O=C1NC(=S)N(c2ccc(Oc3ccccc3)cc2)C(=O)C1=Cc1ccccc1Oc1ccc(F)cc1. The van der Waals surface area contributed by atoms with Crippen LogP contribution in [0.3, 0.4) is 0 Å². The number of carbonyl (C=O) groups is 2. The van der Waals surface area contributed by atoms with Crippen molar-refractivity contribution < 1.29 is 23.5 Å². The van der Waals surface area contributed by atoms with E-state index in [4.69, 9.17) is 21.7 Å². The Hall–Kier alpha value is -4.82. The summed E-state index contributed by atoms with van der Waals surface area (Å²) >= 11 is 5.30. The van der Waals surface area contributed by atoms with Crippen molar-refractivity contribution in [2.45, 2.75) is 0 Å². The van der Waals surface area contributed by atoms with E-state index in [9.17, 15) is 14.0 Å². The first kappa shape index (κ1) is 23.9. The normalized spacial score (nSPS) is 14.5. The Kier molecular flexibility index (Phi) is 6.74. The second kappa shape index (κ2) is 10.4. The zero-order valence-corrected chi connectivity index (χ0v) is 20.1. The summed E-state index contributed by atoms with van der Waals surface area (Å²) in [5, 5.41) is 2.55. The maximum Gasteiger partial charge on any atom is 0.270 e. The van der Waals surface area contributed by atoms with Crippen molar-refractivity contribution in [1.29, 1.82) is 0 Å². The first-order valence-corrected chi connectivity index (χ1v) is 11.7. The number of thiocarbonyl (C=S) groups is 1. The minimum Gasteiger partial charge on any atom is -0.457 e. The summed E-state index contributed by atoms with van der Waals surface area (Å²) in [6.45, 7) is 0. The lowest BCUT2D eigenvalue weighted by Gasteiger charge is -2.29. The van der Waals surface area contributed by atoms with Crippen LogP contribution in [0.25, 0.3) is 6.08 Å². The fraction of sp³-hybridized carbons (Fsp3) is 0. The van der Waals surface area contributed by atoms with Crippen molar-refractivity contribution in [2.24, 2.45) is 0 Å². The molecule has 1 aliphatic heterocycles. The Bertz CT molecular complexity index is 1500. The Balaban J connectivity index is 1.41. The van der Waals surface area contributed by atoms with Crippen molar-refractivity contribution in [3.8, 4) is 23.0 Å². The van der Waals surface area contributed by atoms with Crippen molar-refractivity contribution >= 4 is 40.9 Å². The molecule has 8 heteroatoms. The monoisotopic (exact) mass is 510 g/mol. The molecule has 0 aromatic heterocycles. The van der Waals surface area contributed by atoms with Crippen LogP contribution in [0.5, 0.6) is 23.0 Å². The van der Waals surface area contributed by atoms with E-state index >= 15 is 0 Å². The molecule has 4 aromatic carbocycles. The predicted molar refractivity (Wildman–Crippen MR) is 142 cm³/mol. The number of hydrogen-bond donors (Lipinski definition) is 1. The molecule has 0 aliphatic carbocycles. The number of rotatable bonds is 6. The zero-order valence-electron chi connectivity index (χ0n) is 19.3. The van der Waals surface area contributed by atoms with Gasteiger partial charge in [0.05, 0.1) is 5.69 Å². The highest BCUT2D eigenvalue weighted by molar-refractivity contribution is 7.80. The minimum atomic E-state index is -0.619. The third kappa shape index (κ3) is 5.39. The lowest BCUT2D eigenvalue weighted by molar-refractivity contribution is -0.122. The number of amides is 2. The van der Waals surface area contributed by atoms with E-state index in [1.807, 2.05) is 30.3 Å². The number of carbonyl (C=O) groups excluding carboxylic acids is 2. The highest BCUT2D eigenvalue weighted by Crippen LogP contribution is 2.30. The number of halogens is 1. The minimum absolute atomic E-state index is 0.0280. The Morgan fingerprint density at radius 3 is 2.05 bits per heavy atom. The summed E-state index contributed by atoms with van der Waals surface area (Å²) in [6, 6.07) is 28.5. The quantitative estimate of drug-likeness (QED) is 0.189. The van der Waals surface area contributed by atoms with Crippen LogP contribution in [-0.4, -0.2) is 16.9 Å². The van der Waals surface area contributed by atoms with Gasteiger partial charge in [0.2, 0.25) is 0 Å². The molecule has 1 N–H and O–H groups in total. The van der Waals surface area contributed by atoms with Crippen LogP contribution in [0.4, 0.5) is 10.1 Å². The van der Waals surface area contributed by atoms with Crippen molar-refractivity contribution in [2.75, 3.05) is 4.90 Å². The number of benzene rings is 4. The number of para-hydroxylation sites is 2. The van der Waals surface area contributed by atoms with E-state index < -0.39 is 11.8 Å². The predicted octanol–water partition coefficient (Wildman–Crippen LogP) is 6.24. The number of ether oxygens (including phenoxy) is 2. The summed E-state index contributed by atoms with van der Waals surface area (Å²) in [6.07, 6.45) is 1.44. The molecule has 1 aliphatic rings. The highest BCUT2D eigenvalue weighted by atomic mass is 32.1. The van der Waals surface area contributed by atoms with Gasteiger partial charge >= 0.3 is 0 Å². The highest BCUT2D eigenvalue weighted by Gasteiger charge is 2.34. The maximum atomic E-state index is 13.4. The van der Waals surface area contributed by atoms with Gasteiger partial charge in [0.25, 0.3) is 11.8 Å². The summed E-state index contributed by atoms with van der Waals surface area (Å²) in [7, 11) is 0. The van der Waals surface area contributed by atoms with Gasteiger partial charge in [-0.1, -0.05) is 36.4 Å². The molecule has 0 saturated carbocycles. The molecule has 2 amide bonds. The number of hydrogen-bond acceptors (Lipinski definition) is 5. The maximum absolute atomic E-state index is 13.4. The molecular formula is C29H19FN2O4S.